The molecule has 4 aromatic rings. The van der Waals surface area contributed by atoms with Gasteiger partial charge in [-0.3, -0.25) is 19.9 Å². The maximum Gasteiger partial charge on any atom is 0.276 e. The van der Waals surface area contributed by atoms with Gasteiger partial charge in [0, 0.05) is 24.0 Å². The van der Waals surface area contributed by atoms with Crippen molar-refractivity contribution in [1.29, 1.82) is 0 Å². The van der Waals surface area contributed by atoms with Crippen LogP contribution in [0.15, 0.2) is 79.0 Å². The van der Waals surface area contributed by atoms with Crippen LogP contribution in [-0.4, -0.2) is 33.2 Å². The van der Waals surface area contributed by atoms with Gasteiger partial charge in [0.05, 0.1) is 18.7 Å². The van der Waals surface area contributed by atoms with Crippen molar-refractivity contribution < 1.29 is 9.59 Å². The Labute approximate surface area is 195 Å². The molecule has 2 aromatic carbocycles. The highest BCUT2D eigenvalue weighted by molar-refractivity contribution is 7.15. The van der Waals surface area contributed by atoms with E-state index in [4.69, 9.17) is 0 Å². The maximum atomic E-state index is 12.9. The number of anilines is 1. The van der Waals surface area contributed by atoms with Crippen molar-refractivity contribution in [2.24, 2.45) is 0 Å². The van der Waals surface area contributed by atoms with Crippen LogP contribution in [0.3, 0.4) is 0 Å². The summed E-state index contributed by atoms with van der Waals surface area (Å²) in [5.74, 6) is -0.186. The Morgan fingerprint density at radius 1 is 0.939 bits per heavy atom. The van der Waals surface area contributed by atoms with Crippen molar-refractivity contribution in [3.05, 3.63) is 101 Å². The molecule has 0 unspecified atom stereocenters. The Morgan fingerprint density at radius 2 is 1.70 bits per heavy atom. The highest BCUT2D eigenvalue weighted by Crippen LogP contribution is 2.29. The standard InChI is InChI=1S/C26H22N4O2S/c31-24(16-18-9-11-20(12-10-18)19-6-2-1-3-7-19)30-15-13-21-23(17-30)33-26(28-21)29-25(32)22-8-4-5-14-27-22/h1-12,14H,13,15-17H2,(H,28,29,32). The second-order valence-corrected chi connectivity index (χ2v) is 8.95. The molecular weight excluding hydrogens is 432 g/mol. The number of carbonyl (C=O) groups is 2. The molecule has 164 valence electrons. The Balaban J connectivity index is 1.21. The number of nitrogens with zero attached hydrogens (tertiary/aromatic N) is 3. The van der Waals surface area contributed by atoms with Crippen LogP contribution in [-0.2, 0) is 24.2 Å². The molecule has 2 aromatic heterocycles. The number of benzene rings is 2. The molecule has 3 heterocycles. The summed E-state index contributed by atoms with van der Waals surface area (Å²) in [5.41, 5.74) is 4.60. The van der Waals surface area contributed by atoms with Gasteiger partial charge in [-0.1, -0.05) is 72.0 Å². The van der Waals surface area contributed by atoms with E-state index in [1.54, 1.807) is 24.4 Å². The fourth-order valence-corrected chi connectivity index (χ4v) is 4.87. The monoisotopic (exact) mass is 454 g/mol. The quantitative estimate of drug-likeness (QED) is 0.479. The summed E-state index contributed by atoms with van der Waals surface area (Å²) in [5, 5.41) is 3.36. The van der Waals surface area contributed by atoms with E-state index in [0.29, 0.717) is 36.8 Å². The summed E-state index contributed by atoms with van der Waals surface area (Å²) in [7, 11) is 0. The zero-order valence-corrected chi connectivity index (χ0v) is 18.7. The number of amides is 2. The van der Waals surface area contributed by atoms with Crippen LogP contribution in [0.25, 0.3) is 11.1 Å². The molecule has 0 spiro atoms. The van der Waals surface area contributed by atoms with E-state index in [0.717, 1.165) is 27.3 Å². The second kappa shape index (κ2) is 9.34. The lowest BCUT2D eigenvalue weighted by Crippen LogP contribution is -2.36. The first kappa shape index (κ1) is 21.0. The van der Waals surface area contributed by atoms with Gasteiger partial charge in [0.25, 0.3) is 5.91 Å². The van der Waals surface area contributed by atoms with Gasteiger partial charge in [0.2, 0.25) is 5.91 Å². The van der Waals surface area contributed by atoms with Crippen molar-refractivity contribution in [2.75, 3.05) is 11.9 Å². The van der Waals surface area contributed by atoms with E-state index < -0.39 is 0 Å². The first-order valence-corrected chi connectivity index (χ1v) is 11.6. The van der Waals surface area contributed by atoms with Crippen LogP contribution in [0.2, 0.25) is 0 Å². The molecule has 33 heavy (non-hydrogen) atoms. The topological polar surface area (TPSA) is 75.2 Å². The number of aromatic nitrogens is 2. The van der Waals surface area contributed by atoms with Crippen LogP contribution >= 0.6 is 11.3 Å². The third kappa shape index (κ3) is 4.83. The lowest BCUT2D eigenvalue weighted by atomic mass is 10.0. The Kier molecular flexibility index (Phi) is 5.95. The molecule has 0 atom stereocenters. The molecule has 2 amide bonds. The van der Waals surface area contributed by atoms with Crippen molar-refractivity contribution in [3.63, 3.8) is 0 Å². The lowest BCUT2D eigenvalue weighted by Gasteiger charge is -2.26. The van der Waals surface area contributed by atoms with Crippen molar-refractivity contribution in [2.45, 2.75) is 19.4 Å². The van der Waals surface area contributed by atoms with Crippen LogP contribution in [0, 0.1) is 0 Å². The number of thiazole rings is 1. The van der Waals surface area contributed by atoms with Crippen molar-refractivity contribution in [3.8, 4) is 11.1 Å². The summed E-state index contributed by atoms with van der Waals surface area (Å²) in [6, 6.07) is 23.6. The van der Waals surface area contributed by atoms with Gasteiger partial charge in [0.15, 0.2) is 5.13 Å². The Hall–Kier alpha value is -3.84. The third-order valence-electron chi connectivity index (χ3n) is 5.62. The highest BCUT2D eigenvalue weighted by Gasteiger charge is 2.25. The van der Waals surface area contributed by atoms with Crippen molar-refractivity contribution >= 4 is 28.3 Å². The number of fused-ring (bicyclic) bond motifs is 1. The number of hydrogen-bond acceptors (Lipinski definition) is 5. The molecule has 1 N–H and O–H groups in total. The number of pyridine rings is 1. The van der Waals surface area contributed by atoms with E-state index in [2.05, 4.69) is 39.6 Å². The zero-order valence-electron chi connectivity index (χ0n) is 17.9. The molecule has 7 heteroatoms. The van der Waals surface area contributed by atoms with Crippen LogP contribution in [0.4, 0.5) is 5.13 Å². The van der Waals surface area contributed by atoms with Gasteiger partial charge in [-0.05, 0) is 28.8 Å². The fourth-order valence-electron chi connectivity index (χ4n) is 3.85. The number of carbonyl (C=O) groups excluding carboxylic acids is 2. The highest BCUT2D eigenvalue weighted by atomic mass is 32.1. The fraction of sp³-hybridized carbons (Fsp3) is 0.154. The first-order chi connectivity index (χ1) is 16.2. The number of nitrogens with one attached hydrogen (secondary N) is 1. The molecule has 0 bridgehead atoms. The summed E-state index contributed by atoms with van der Waals surface area (Å²) < 4.78 is 0. The smallest absolute Gasteiger partial charge is 0.276 e. The van der Waals surface area contributed by atoms with E-state index in [-0.39, 0.29) is 11.8 Å². The first-order valence-electron chi connectivity index (χ1n) is 10.8. The van der Waals surface area contributed by atoms with E-state index in [9.17, 15) is 9.59 Å². The summed E-state index contributed by atoms with van der Waals surface area (Å²) in [6.45, 7) is 1.15. The summed E-state index contributed by atoms with van der Waals surface area (Å²) in [6.07, 6.45) is 2.64. The summed E-state index contributed by atoms with van der Waals surface area (Å²) >= 11 is 1.42. The second-order valence-electron chi connectivity index (χ2n) is 7.86. The SMILES string of the molecule is O=C(Nc1nc2c(s1)CN(C(=O)Cc1ccc(-c3ccccc3)cc1)CC2)c1ccccn1. The van der Waals surface area contributed by atoms with Gasteiger partial charge in [-0.2, -0.15) is 0 Å². The van der Waals surface area contributed by atoms with Crippen molar-refractivity contribution in [1.82, 2.24) is 14.9 Å². The van der Waals surface area contributed by atoms with E-state index in [1.807, 2.05) is 35.2 Å². The minimum atomic E-state index is -0.284. The zero-order chi connectivity index (χ0) is 22.6. The van der Waals surface area contributed by atoms with Gasteiger partial charge >= 0.3 is 0 Å². The maximum absolute atomic E-state index is 12.9. The predicted molar refractivity (Wildman–Crippen MR) is 129 cm³/mol. The molecule has 0 saturated heterocycles. The van der Waals surface area contributed by atoms with Gasteiger partial charge in [-0.15, -0.1) is 0 Å². The summed E-state index contributed by atoms with van der Waals surface area (Å²) in [4.78, 5) is 36.8. The van der Waals surface area contributed by atoms with Crippen LogP contribution < -0.4 is 5.32 Å². The number of rotatable bonds is 5. The molecule has 0 aliphatic carbocycles. The Bertz CT molecular complexity index is 1270. The average molecular weight is 455 g/mol. The minimum Gasteiger partial charge on any atom is -0.337 e. The normalized spacial score (nSPS) is 12.8. The lowest BCUT2D eigenvalue weighted by molar-refractivity contribution is -0.131. The molecule has 0 fully saturated rings. The van der Waals surface area contributed by atoms with E-state index in [1.165, 1.54) is 11.3 Å². The average Bonchev–Trinajstić information content (AvgIpc) is 3.27. The molecule has 0 radical (unpaired) electrons. The van der Waals surface area contributed by atoms with E-state index >= 15 is 0 Å². The van der Waals surface area contributed by atoms with Crippen LogP contribution in [0.5, 0.6) is 0 Å². The largest absolute Gasteiger partial charge is 0.337 e. The van der Waals surface area contributed by atoms with Gasteiger partial charge in [0.1, 0.15) is 5.69 Å². The predicted octanol–water partition coefficient (Wildman–Crippen LogP) is 4.58. The molecule has 1 aliphatic rings. The number of hydrogen-bond donors (Lipinski definition) is 1. The minimum absolute atomic E-state index is 0.0978. The molecule has 1 aliphatic heterocycles. The van der Waals surface area contributed by atoms with Gasteiger partial charge < -0.3 is 4.90 Å². The molecule has 6 nitrogen and oxygen atoms in total. The molecule has 0 saturated carbocycles. The van der Waals surface area contributed by atoms with Crippen LogP contribution in [0.1, 0.15) is 26.6 Å². The third-order valence-corrected chi connectivity index (χ3v) is 6.62. The Morgan fingerprint density at radius 3 is 2.45 bits per heavy atom. The molecule has 5 rings (SSSR count). The van der Waals surface area contributed by atoms with Gasteiger partial charge in [-0.25, -0.2) is 4.98 Å². The molecular formula is C26H22N4O2S.